The van der Waals surface area contributed by atoms with Crippen molar-refractivity contribution >= 4 is 12.4 Å². The Hall–Kier alpha value is -0.510. The van der Waals surface area contributed by atoms with E-state index < -0.39 is 0 Å². The average molecular weight is 259 g/mol. The summed E-state index contributed by atoms with van der Waals surface area (Å²) in [5.74, 6) is 1.90. The van der Waals surface area contributed by atoms with Crippen LogP contribution in [-0.4, -0.2) is 31.6 Å². The van der Waals surface area contributed by atoms with E-state index in [4.69, 9.17) is 4.42 Å². The number of piperidine rings is 1. The molecule has 2 heterocycles. The number of hydrogen-bond donors (Lipinski definition) is 1. The first-order valence-electron chi connectivity index (χ1n) is 6.21. The fourth-order valence-electron chi connectivity index (χ4n) is 2.38. The molecule has 1 aromatic heterocycles. The summed E-state index contributed by atoms with van der Waals surface area (Å²) in [7, 11) is 2.19. The van der Waals surface area contributed by atoms with Crippen LogP contribution < -0.4 is 5.32 Å². The second-order valence-corrected chi connectivity index (χ2v) is 4.82. The normalized spacial score (nSPS) is 19.0. The predicted molar refractivity (Wildman–Crippen MR) is 72.6 cm³/mol. The van der Waals surface area contributed by atoms with E-state index in [9.17, 15) is 0 Å². The Morgan fingerprint density at radius 1 is 1.47 bits per heavy atom. The summed E-state index contributed by atoms with van der Waals surface area (Å²) >= 11 is 0. The van der Waals surface area contributed by atoms with Crippen LogP contribution in [0.2, 0.25) is 0 Å². The summed E-state index contributed by atoms with van der Waals surface area (Å²) in [6.07, 6.45) is 4.36. The number of nitrogens with zero attached hydrogens (tertiary/aromatic N) is 1. The molecule has 0 spiro atoms. The number of furan rings is 1. The highest BCUT2D eigenvalue weighted by molar-refractivity contribution is 5.85. The molecule has 0 radical (unpaired) electrons. The standard InChI is InChI=1S/C13H22N2O.ClH/c1-11(13-4-3-9-16-13)15(2)10-12-5-7-14-8-6-12;/h3-4,9,11-12,14H,5-8,10H2,1-2H3;1H. The van der Waals surface area contributed by atoms with Gasteiger partial charge in [0.25, 0.3) is 0 Å². The van der Waals surface area contributed by atoms with Crippen molar-refractivity contribution in [2.24, 2.45) is 5.92 Å². The second-order valence-electron chi connectivity index (χ2n) is 4.82. The SMILES string of the molecule is CC(c1ccco1)N(C)CC1CCNCC1.Cl. The topological polar surface area (TPSA) is 28.4 Å². The Morgan fingerprint density at radius 3 is 2.76 bits per heavy atom. The highest BCUT2D eigenvalue weighted by atomic mass is 35.5. The molecule has 1 unspecified atom stereocenters. The van der Waals surface area contributed by atoms with Crippen molar-refractivity contribution in [1.82, 2.24) is 10.2 Å². The van der Waals surface area contributed by atoms with Gasteiger partial charge in [-0.3, -0.25) is 4.90 Å². The Morgan fingerprint density at radius 2 is 2.18 bits per heavy atom. The van der Waals surface area contributed by atoms with Crippen molar-refractivity contribution in [3.63, 3.8) is 0 Å². The fraction of sp³-hybridized carbons (Fsp3) is 0.692. The first-order chi connectivity index (χ1) is 7.77. The van der Waals surface area contributed by atoms with Gasteiger partial charge in [-0.2, -0.15) is 0 Å². The number of hydrogen-bond acceptors (Lipinski definition) is 3. The summed E-state index contributed by atoms with van der Waals surface area (Å²) in [5, 5.41) is 3.41. The van der Waals surface area contributed by atoms with Crippen LogP contribution in [0.4, 0.5) is 0 Å². The minimum atomic E-state index is 0. The van der Waals surface area contributed by atoms with E-state index in [2.05, 4.69) is 30.3 Å². The summed E-state index contributed by atoms with van der Waals surface area (Å²) < 4.78 is 5.45. The third-order valence-corrected chi connectivity index (χ3v) is 3.62. The molecule has 0 bridgehead atoms. The number of rotatable bonds is 4. The van der Waals surface area contributed by atoms with E-state index in [0.29, 0.717) is 6.04 Å². The zero-order chi connectivity index (χ0) is 11.4. The summed E-state index contributed by atoms with van der Waals surface area (Å²) in [6, 6.07) is 4.40. The molecule has 1 N–H and O–H groups in total. The molecule has 1 atom stereocenters. The molecule has 1 fully saturated rings. The van der Waals surface area contributed by atoms with E-state index in [-0.39, 0.29) is 12.4 Å². The van der Waals surface area contributed by atoms with E-state index in [1.54, 1.807) is 6.26 Å². The smallest absolute Gasteiger partial charge is 0.120 e. The molecule has 98 valence electrons. The first kappa shape index (κ1) is 14.6. The van der Waals surface area contributed by atoms with Crippen molar-refractivity contribution in [2.45, 2.75) is 25.8 Å². The molecular weight excluding hydrogens is 236 g/mol. The molecule has 1 aliphatic rings. The fourth-order valence-corrected chi connectivity index (χ4v) is 2.38. The lowest BCUT2D eigenvalue weighted by atomic mass is 9.97. The molecule has 17 heavy (non-hydrogen) atoms. The largest absolute Gasteiger partial charge is 0.468 e. The minimum absolute atomic E-state index is 0. The lowest BCUT2D eigenvalue weighted by Gasteiger charge is -2.30. The maximum Gasteiger partial charge on any atom is 0.120 e. The zero-order valence-electron chi connectivity index (χ0n) is 10.7. The lowest BCUT2D eigenvalue weighted by molar-refractivity contribution is 0.180. The van der Waals surface area contributed by atoms with Crippen LogP contribution in [0.5, 0.6) is 0 Å². The highest BCUT2D eigenvalue weighted by Crippen LogP contribution is 2.22. The molecule has 0 aliphatic carbocycles. The van der Waals surface area contributed by atoms with Gasteiger partial charge in [0.15, 0.2) is 0 Å². The zero-order valence-corrected chi connectivity index (χ0v) is 11.5. The summed E-state index contributed by atoms with van der Waals surface area (Å²) in [5.41, 5.74) is 0. The maximum atomic E-state index is 5.45. The molecule has 0 saturated carbocycles. The molecule has 1 saturated heterocycles. The van der Waals surface area contributed by atoms with Crippen molar-refractivity contribution in [3.05, 3.63) is 24.2 Å². The van der Waals surface area contributed by atoms with Gasteiger partial charge in [-0.1, -0.05) is 0 Å². The van der Waals surface area contributed by atoms with Crippen molar-refractivity contribution in [3.8, 4) is 0 Å². The lowest BCUT2D eigenvalue weighted by Crippen LogP contribution is -2.35. The van der Waals surface area contributed by atoms with Crippen molar-refractivity contribution in [1.29, 1.82) is 0 Å². The summed E-state index contributed by atoms with van der Waals surface area (Å²) in [6.45, 7) is 5.73. The van der Waals surface area contributed by atoms with Crippen LogP contribution in [0.1, 0.15) is 31.6 Å². The summed E-state index contributed by atoms with van der Waals surface area (Å²) in [4.78, 5) is 2.40. The van der Waals surface area contributed by atoms with E-state index in [0.717, 1.165) is 11.7 Å². The molecule has 4 heteroatoms. The van der Waals surface area contributed by atoms with Crippen LogP contribution >= 0.6 is 12.4 Å². The molecule has 0 amide bonds. The monoisotopic (exact) mass is 258 g/mol. The van der Waals surface area contributed by atoms with E-state index >= 15 is 0 Å². The predicted octanol–water partition coefficient (Wildman–Crippen LogP) is 2.69. The van der Waals surface area contributed by atoms with E-state index in [1.807, 2.05) is 6.07 Å². The molecule has 1 aliphatic heterocycles. The Balaban J connectivity index is 0.00000144. The average Bonchev–Trinajstić information content (AvgIpc) is 2.83. The van der Waals surface area contributed by atoms with Gasteiger partial charge in [0.2, 0.25) is 0 Å². The second kappa shape index (κ2) is 7.04. The molecule has 3 nitrogen and oxygen atoms in total. The van der Waals surface area contributed by atoms with Crippen LogP contribution in [0.15, 0.2) is 22.8 Å². The van der Waals surface area contributed by atoms with Crippen molar-refractivity contribution in [2.75, 3.05) is 26.7 Å². The van der Waals surface area contributed by atoms with Gasteiger partial charge in [0.1, 0.15) is 5.76 Å². The molecular formula is C13H23ClN2O. The third kappa shape index (κ3) is 4.02. The van der Waals surface area contributed by atoms with Crippen LogP contribution in [0.25, 0.3) is 0 Å². The number of nitrogens with one attached hydrogen (secondary N) is 1. The van der Waals surface area contributed by atoms with Crippen LogP contribution in [0.3, 0.4) is 0 Å². The van der Waals surface area contributed by atoms with Crippen molar-refractivity contribution < 1.29 is 4.42 Å². The van der Waals surface area contributed by atoms with Gasteiger partial charge < -0.3 is 9.73 Å². The van der Waals surface area contributed by atoms with Gasteiger partial charge in [-0.25, -0.2) is 0 Å². The quantitative estimate of drug-likeness (QED) is 0.900. The van der Waals surface area contributed by atoms with Gasteiger partial charge in [-0.15, -0.1) is 12.4 Å². The third-order valence-electron chi connectivity index (χ3n) is 3.62. The minimum Gasteiger partial charge on any atom is -0.468 e. The van der Waals surface area contributed by atoms with Gasteiger partial charge >= 0.3 is 0 Å². The Labute approximate surface area is 110 Å². The number of halogens is 1. The van der Waals surface area contributed by atoms with Gasteiger partial charge in [0, 0.05) is 6.54 Å². The van der Waals surface area contributed by atoms with Gasteiger partial charge in [0.05, 0.1) is 12.3 Å². The highest BCUT2D eigenvalue weighted by Gasteiger charge is 2.19. The maximum absolute atomic E-state index is 5.45. The van der Waals surface area contributed by atoms with E-state index in [1.165, 1.54) is 32.5 Å². The Bertz CT molecular complexity index is 296. The molecule has 0 aromatic carbocycles. The molecule has 2 rings (SSSR count). The first-order valence-corrected chi connectivity index (χ1v) is 6.21. The van der Waals surface area contributed by atoms with Gasteiger partial charge in [-0.05, 0) is 58.0 Å². The molecule has 1 aromatic rings. The van der Waals surface area contributed by atoms with Crippen LogP contribution in [0, 0.1) is 5.92 Å². The van der Waals surface area contributed by atoms with Crippen LogP contribution in [-0.2, 0) is 0 Å². The Kier molecular flexibility index (Phi) is 6.03.